The van der Waals surface area contributed by atoms with E-state index < -0.39 is 15.6 Å². The molecule has 0 atom stereocenters. The minimum absolute atomic E-state index is 0.0205. The van der Waals surface area contributed by atoms with Crippen LogP contribution in [0.1, 0.15) is 5.56 Å². The molecule has 1 aliphatic heterocycles. The molecule has 3 aromatic rings. The molecule has 0 radical (unpaired) electrons. The van der Waals surface area contributed by atoms with E-state index in [1.807, 2.05) is 30.5 Å². The van der Waals surface area contributed by atoms with E-state index in [4.69, 9.17) is 0 Å². The highest BCUT2D eigenvalue weighted by Crippen LogP contribution is 2.30. The highest BCUT2D eigenvalue weighted by Gasteiger charge is 2.32. The summed E-state index contributed by atoms with van der Waals surface area (Å²) in [5.41, 5.74) is 2.15. The lowest BCUT2D eigenvalue weighted by molar-refractivity contribution is -0.130. The molecule has 4 rings (SSSR count). The van der Waals surface area contributed by atoms with Gasteiger partial charge in [-0.3, -0.25) is 4.79 Å². The lowest BCUT2D eigenvalue weighted by Crippen LogP contribution is -2.49. The summed E-state index contributed by atoms with van der Waals surface area (Å²) in [5.74, 6) is -3.49. The Morgan fingerprint density at radius 2 is 1.67 bits per heavy atom. The highest BCUT2D eigenvalue weighted by atomic mass is 32.2. The molecule has 30 heavy (non-hydrogen) atoms. The number of hydrogen-bond donors (Lipinski definition) is 1. The highest BCUT2D eigenvalue weighted by molar-refractivity contribution is 7.91. The van der Waals surface area contributed by atoms with Gasteiger partial charge in [-0.25, -0.2) is 8.42 Å². The second-order valence-electron chi connectivity index (χ2n) is 7.18. The number of nitrogens with zero attached hydrogens (tertiary/aromatic N) is 2. The van der Waals surface area contributed by atoms with Crippen molar-refractivity contribution in [3.05, 3.63) is 60.3 Å². The van der Waals surface area contributed by atoms with Crippen molar-refractivity contribution in [2.75, 3.05) is 31.1 Å². The number of aromatic amines is 1. The minimum Gasteiger partial charge on any atom is -0.367 e. The zero-order chi connectivity index (χ0) is 21.3. The largest absolute Gasteiger partial charge is 0.367 e. The number of anilines is 1. The van der Waals surface area contributed by atoms with E-state index in [9.17, 15) is 22.0 Å². The number of amides is 1. The van der Waals surface area contributed by atoms with Crippen LogP contribution in [0, 0.1) is 0 Å². The Bertz CT molecular complexity index is 1170. The number of carbonyl (C=O) groups excluding carboxylic acids is 1. The third-order valence-corrected chi connectivity index (χ3v) is 6.82. The first kappa shape index (κ1) is 20.3. The number of sulfone groups is 1. The molecule has 9 heteroatoms. The summed E-state index contributed by atoms with van der Waals surface area (Å²) in [7, 11) is -4.70. The third-order valence-electron chi connectivity index (χ3n) is 5.40. The standard InChI is InChI=1S/C21H21F2N3O3S/c22-21(23)30(28,29)19-8-4-3-7-18(19)25-9-11-26(12-10-25)20(27)13-15-14-24-17-6-2-1-5-16(15)17/h1-8,14,21,24H,9-13H2. The molecule has 2 heterocycles. The molecule has 6 nitrogen and oxygen atoms in total. The van der Waals surface area contributed by atoms with Gasteiger partial charge in [-0.1, -0.05) is 30.3 Å². The van der Waals surface area contributed by atoms with Gasteiger partial charge < -0.3 is 14.8 Å². The van der Waals surface area contributed by atoms with Crippen LogP contribution in [0.2, 0.25) is 0 Å². The predicted molar refractivity (Wildman–Crippen MR) is 110 cm³/mol. The maximum atomic E-state index is 13.0. The van der Waals surface area contributed by atoms with Crippen LogP contribution in [0.3, 0.4) is 0 Å². The van der Waals surface area contributed by atoms with Crippen LogP contribution < -0.4 is 4.90 Å². The van der Waals surface area contributed by atoms with Crippen molar-refractivity contribution in [1.82, 2.24) is 9.88 Å². The molecular formula is C21H21F2N3O3S. The van der Waals surface area contributed by atoms with E-state index in [2.05, 4.69) is 4.98 Å². The number of carbonyl (C=O) groups is 1. The summed E-state index contributed by atoms with van der Waals surface area (Å²) in [6.07, 6.45) is 2.10. The maximum Gasteiger partial charge on any atom is 0.341 e. The summed E-state index contributed by atoms with van der Waals surface area (Å²) < 4.78 is 50.1. The Morgan fingerprint density at radius 3 is 2.40 bits per heavy atom. The Morgan fingerprint density at radius 1 is 1.00 bits per heavy atom. The summed E-state index contributed by atoms with van der Waals surface area (Å²) in [5, 5.41) is 1.01. The molecule has 2 aromatic carbocycles. The van der Waals surface area contributed by atoms with Gasteiger partial charge in [-0.2, -0.15) is 8.78 Å². The Balaban J connectivity index is 1.45. The van der Waals surface area contributed by atoms with Gasteiger partial charge in [0.2, 0.25) is 15.7 Å². The molecule has 0 aliphatic carbocycles. The van der Waals surface area contributed by atoms with Crippen LogP contribution >= 0.6 is 0 Å². The monoisotopic (exact) mass is 433 g/mol. The van der Waals surface area contributed by atoms with Crippen LogP contribution in [0.15, 0.2) is 59.6 Å². The van der Waals surface area contributed by atoms with E-state index in [-0.39, 0.29) is 22.9 Å². The molecule has 1 fully saturated rings. The van der Waals surface area contributed by atoms with Gasteiger partial charge in [0, 0.05) is 43.3 Å². The molecule has 1 aromatic heterocycles. The van der Waals surface area contributed by atoms with Crippen LogP contribution in [-0.4, -0.2) is 56.1 Å². The third kappa shape index (κ3) is 3.77. The number of H-pyrrole nitrogens is 1. The quantitative estimate of drug-likeness (QED) is 0.671. The number of alkyl halides is 2. The first-order valence-corrected chi connectivity index (χ1v) is 11.1. The average molecular weight is 433 g/mol. The number of para-hydroxylation sites is 2. The van der Waals surface area contributed by atoms with Crippen molar-refractivity contribution in [3.63, 3.8) is 0 Å². The van der Waals surface area contributed by atoms with E-state index in [1.54, 1.807) is 15.9 Å². The van der Waals surface area contributed by atoms with E-state index in [1.165, 1.54) is 18.2 Å². The molecule has 1 saturated heterocycles. The van der Waals surface area contributed by atoms with E-state index in [0.717, 1.165) is 16.5 Å². The molecule has 0 unspecified atom stereocenters. The van der Waals surface area contributed by atoms with Gasteiger partial charge in [0.1, 0.15) is 0 Å². The SMILES string of the molecule is O=C(Cc1c[nH]c2ccccc12)N1CCN(c2ccccc2S(=O)(=O)C(F)F)CC1. The molecule has 0 bridgehead atoms. The molecule has 1 aliphatic rings. The fourth-order valence-corrected chi connectivity index (χ4v) is 4.75. The lowest BCUT2D eigenvalue weighted by atomic mass is 10.1. The first-order chi connectivity index (χ1) is 14.4. The van der Waals surface area contributed by atoms with E-state index in [0.29, 0.717) is 26.2 Å². The molecule has 1 amide bonds. The van der Waals surface area contributed by atoms with Gasteiger partial charge in [-0.15, -0.1) is 0 Å². The molecular weight excluding hydrogens is 412 g/mol. The smallest absolute Gasteiger partial charge is 0.341 e. The molecule has 158 valence electrons. The van der Waals surface area contributed by atoms with Crippen LogP contribution in [0.25, 0.3) is 10.9 Å². The fraction of sp³-hybridized carbons (Fsp3) is 0.286. The summed E-state index contributed by atoms with van der Waals surface area (Å²) in [4.78, 5) is 19.0. The first-order valence-electron chi connectivity index (χ1n) is 9.57. The number of nitrogens with one attached hydrogen (secondary N) is 1. The van der Waals surface area contributed by atoms with Crippen molar-refractivity contribution in [2.24, 2.45) is 0 Å². The maximum absolute atomic E-state index is 13.0. The van der Waals surface area contributed by atoms with Crippen LogP contribution in [0.4, 0.5) is 14.5 Å². The van der Waals surface area contributed by atoms with Crippen molar-refractivity contribution in [1.29, 1.82) is 0 Å². The van der Waals surface area contributed by atoms with Crippen LogP contribution in [-0.2, 0) is 21.1 Å². The number of piperazine rings is 1. The molecule has 0 saturated carbocycles. The van der Waals surface area contributed by atoms with Crippen molar-refractivity contribution < 1.29 is 22.0 Å². The summed E-state index contributed by atoms with van der Waals surface area (Å²) in [6, 6.07) is 13.5. The second-order valence-corrected chi connectivity index (χ2v) is 9.06. The van der Waals surface area contributed by atoms with E-state index >= 15 is 0 Å². The number of benzene rings is 2. The van der Waals surface area contributed by atoms with Crippen molar-refractivity contribution in [2.45, 2.75) is 17.1 Å². The number of halogens is 2. The van der Waals surface area contributed by atoms with Gasteiger partial charge in [-0.05, 0) is 23.8 Å². The number of rotatable bonds is 5. The summed E-state index contributed by atoms with van der Waals surface area (Å²) >= 11 is 0. The molecule has 1 N–H and O–H groups in total. The van der Waals surface area contributed by atoms with Gasteiger partial charge in [0.05, 0.1) is 17.0 Å². The van der Waals surface area contributed by atoms with Crippen molar-refractivity contribution in [3.8, 4) is 0 Å². The minimum atomic E-state index is -4.70. The Labute approximate surface area is 173 Å². The van der Waals surface area contributed by atoms with Crippen LogP contribution in [0.5, 0.6) is 0 Å². The Hall–Kier alpha value is -2.94. The lowest BCUT2D eigenvalue weighted by Gasteiger charge is -2.37. The zero-order valence-corrected chi connectivity index (χ0v) is 16.9. The number of fused-ring (bicyclic) bond motifs is 1. The fourth-order valence-electron chi connectivity index (χ4n) is 3.80. The molecule has 0 spiro atoms. The summed E-state index contributed by atoms with van der Waals surface area (Å²) in [6.45, 7) is 1.53. The second kappa shape index (κ2) is 8.06. The zero-order valence-electron chi connectivity index (χ0n) is 16.1. The number of hydrogen-bond acceptors (Lipinski definition) is 4. The normalized spacial score (nSPS) is 15.2. The average Bonchev–Trinajstić information content (AvgIpc) is 3.16. The topological polar surface area (TPSA) is 73.5 Å². The van der Waals surface area contributed by atoms with Gasteiger partial charge in [0.15, 0.2) is 0 Å². The number of aromatic nitrogens is 1. The van der Waals surface area contributed by atoms with Gasteiger partial charge in [0.25, 0.3) is 0 Å². The van der Waals surface area contributed by atoms with Crippen molar-refractivity contribution >= 4 is 32.3 Å². The predicted octanol–water partition coefficient (Wildman–Crippen LogP) is 3.06. The van der Waals surface area contributed by atoms with Gasteiger partial charge >= 0.3 is 5.76 Å². The Kier molecular flexibility index (Phi) is 5.46.